The molecule has 2 unspecified atom stereocenters. The molecule has 1 aliphatic rings. The monoisotopic (exact) mass is 209 g/mol. The van der Waals surface area contributed by atoms with Crippen molar-refractivity contribution < 1.29 is 9.13 Å². The molecule has 0 radical (unpaired) electrons. The van der Waals surface area contributed by atoms with Gasteiger partial charge in [-0.05, 0) is 42.9 Å². The fourth-order valence-corrected chi connectivity index (χ4v) is 2.20. The Kier molecular flexibility index (Phi) is 2.91. The molecular weight excluding hydrogens is 193 g/mol. The highest BCUT2D eigenvalue weighted by Gasteiger charge is 2.32. The fourth-order valence-electron chi connectivity index (χ4n) is 2.20. The maximum absolute atomic E-state index is 13.7. The summed E-state index contributed by atoms with van der Waals surface area (Å²) in [5, 5.41) is 0. The van der Waals surface area contributed by atoms with Crippen LogP contribution in [-0.4, -0.2) is 13.7 Å². The van der Waals surface area contributed by atoms with Gasteiger partial charge in [-0.15, -0.1) is 0 Å². The second kappa shape index (κ2) is 4.19. The highest BCUT2D eigenvalue weighted by Crippen LogP contribution is 2.43. The first-order chi connectivity index (χ1) is 7.26. The lowest BCUT2D eigenvalue weighted by Gasteiger charge is -2.36. The van der Waals surface area contributed by atoms with Crippen LogP contribution in [0.3, 0.4) is 0 Å². The van der Waals surface area contributed by atoms with Gasteiger partial charge in [0.15, 0.2) is 0 Å². The summed E-state index contributed by atoms with van der Waals surface area (Å²) in [4.78, 5) is 0. The average molecular weight is 209 g/mol. The van der Waals surface area contributed by atoms with Crippen LogP contribution in [0.5, 0.6) is 5.75 Å². The van der Waals surface area contributed by atoms with Crippen molar-refractivity contribution in [2.45, 2.75) is 18.8 Å². The quantitative estimate of drug-likeness (QED) is 0.829. The molecule has 2 atom stereocenters. The van der Waals surface area contributed by atoms with Gasteiger partial charge in [0.25, 0.3) is 0 Å². The molecule has 0 aromatic heterocycles. The number of hydrogen-bond acceptors (Lipinski definition) is 2. The van der Waals surface area contributed by atoms with Crippen molar-refractivity contribution in [3.63, 3.8) is 0 Å². The summed E-state index contributed by atoms with van der Waals surface area (Å²) in [6, 6.07) is 5.08. The Labute approximate surface area is 89.2 Å². The highest BCUT2D eigenvalue weighted by molar-refractivity contribution is 5.32. The Morgan fingerprint density at radius 3 is 2.73 bits per heavy atom. The van der Waals surface area contributed by atoms with Gasteiger partial charge in [-0.2, -0.15) is 0 Å². The van der Waals surface area contributed by atoms with E-state index in [1.165, 1.54) is 6.07 Å². The van der Waals surface area contributed by atoms with Crippen LogP contribution < -0.4 is 10.5 Å². The molecule has 1 aromatic rings. The molecule has 2 N–H and O–H groups in total. The van der Waals surface area contributed by atoms with Crippen molar-refractivity contribution in [3.05, 3.63) is 29.6 Å². The van der Waals surface area contributed by atoms with Gasteiger partial charge in [0.05, 0.1) is 7.11 Å². The van der Waals surface area contributed by atoms with E-state index in [4.69, 9.17) is 10.5 Å². The molecule has 2 rings (SSSR count). The smallest absolute Gasteiger partial charge is 0.130 e. The molecule has 0 amide bonds. The summed E-state index contributed by atoms with van der Waals surface area (Å²) in [5.41, 5.74) is 6.41. The molecule has 0 heterocycles. The third kappa shape index (κ3) is 1.84. The molecule has 1 aromatic carbocycles. The molecule has 15 heavy (non-hydrogen) atoms. The zero-order valence-electron chi connectivity index (χ0n) is 8.87. The SMILES string of the molecule is COc1ccc(C2CCC2CN)c(F)c1. The van der Waals surface area contributed by atoms with Crippen LogP contribution in [0, 0.1) is 11.7 Å². The van der Waals surface area contributed by atoms with Gasteiger partial charge in [0, 0.05) is 6.07 Å². The molecule has 1 fully saturated rings. The van der Waals surface area contributed by atoms with Crippen LogP contribution in [-0.2, 0) is 0 Å². The number of methoxy groups -OCH3 is 1. The van der Waals surface area contributed by atoms with Crippen LogP contribution >= 0.6 is 0 Å². The van der Waals surface area contributed by atoms with Gasteiger partial charge in [-0.3, -0.25) is 0 Å². The van der Waals surface area contributed by atoms with E-state index in [2.05, 4.69) is 0 Å². The van der Waals surface area contributed by atoms with Crippen molar-refractivity contribution in [3.8, 4) is 5.75 Å². The third-order valence-electron chi connectivity index (χ3n) is 3.33. The number of hydrogen-bond donors (Lipinski definition) is 1. The molecule has 2 nitrogen and oxygen atoms in total. The Hall–Kier alpha value is -1.09. The lowest BCUT2D eigenvalue weighted by atomic mass is 9.70. The topological polar surface area (TPSA) is 35.2 Å². The average Bonchev–Trinajstić information content (AvgIpc) is 2.20. The Balaban J connectivity index is 2.21. The van der Waals surface area contributed by atoms with E-state index >= 15 is 0 Å². The summed E-state index contributed by atoms with van der Waals surface area (Å²) in [7, 11) is 1.54. The van der Waals surface area contributed by atoms with Gasteiger partial charge in [0.2, 0.25) is 0 Å². The lowest BCUT2D eigenvalue weighted by Crippen LogP contribution is -2.31. The zero-order valence-corrected chi connectivity index (χ0v) is 8.87. The maximum Gasteiger partial charge on any atom is 0.130 e. The Bertz CT molecular complexity index is 351. The summed E-state index contributed by atoms with van der Waals surface area (Å²) in [5.74, 6) is 1.16. The largest absolute Gasteiger partial charge is 0.497 e. The van der Waals surface area contributed by atoms with Gasteiger partial charge >= 0.3 is 0 Å². The molecular formula is C12H16FNO. The molecule has 0 saturated heterocycles. The minimum Gasteiger partial charge on any atom is -0.497 e. The van der Waals surface area contributed by atoms with Crippen LogP contribution in [0.1, 0.15) is 24.3 Å². The summed E-state index contributed by atoms with van der Waals surface area (Å²) in [6.07, 6.45) is 2.16. The molecule has 3 heteroatoms. The number of halogens is 1. The number of benzene rings is 1. The molecule has 0 aliphatic heterocycles. The highest BCUT2D eigenvalue weighted by atomic mass is 19.1. The molecule has 1 saturated carbocycles. The summed E-state index contributed by atoms with van der Waals surface area (Å²) >= 11 is 0. The van der Waals surface area contributed by atoms with E-state index in [9.17, 15) is 4.39 Å². The van der Waals surface area contributed by atoms with Gasteiger partial charge in [-0.25, -0.2) is 4.39 Å². The van der Waals surface area contributed by atoms with Gasteiger partial charge in [-0.1, -0.05) is 6.07 Å². The maximum atomic E-state index is 13.7. The van der Waals surface area contributed by atoms with E-state index in [-0.39, 0.29) is 5.82 Å². The fraction of sp³-hybridized carbons (Fsp3) is 0.500. The van der Waals surface area contributed by atoms with Crippen molar-refractivity contribution in [2.24, 2.45) is 11.7 Å². The Morgan fingerprint density at radius 1 is 1.47 bits per heavy atom. The first kappa shape index (κ1) is 10.4. The minimum atomic E-state index is -0.169. The van der Waals surface area contributed by atoms with E-state index in [1.54, 1.807) is 7.11 Å². The van der Waals surface area contributed by atoms with E-state index in [1.807, 2.05) is 12.1 Å². The van der Waals surface area contributed by atoms with E-state index < -0.39 is 0 Å². The number of nitrogens with two attached hydrogens (primary N) is 1. The molecule has 0 spiro atoms. The van der Waals surface area contributed by atoms with Gasteiger partial charge in [0.1, 0.15) is 11.6 Å². The standard InChI is InChI=1S/C12H16FNO/c1-15-9-3-5-11(12(13)6-9)10-4-2-8(10)7-14/h3,5-6,8,10H,2,4,7,14H2,1H3. The predicted molar refractivity (Wildman–Crippen MR) is 57.5 cm³/mol. The zero-order chi connectivity index (χ0) is 10.8. The third-order valence-corrected chi connectivity index (χ3v) is 3.33. The first-order valence-electron chi connectivity index (χ1n) is 5.29. The van der Waals surface area contributed by atoms with E-state index in [0.717, 1.165) is 18.4 Å². The lowest BCUT2D eigenvalue weighted by molar-refractivity contribution is 0.257. The second-order valence-corrected chi connectivity index (χ2v) is 4.07. The van der Waals surface area contributed by atoms with Crippen molar-refractivity contribution in [1.29, 1.82) is 0 Å². The van der Waals surface area contributed by atoms with Crippen LogP contribution in [0.15, 0.2) is 18.2 Å². The van der Waals surface area contributed by atoms with Crippen LogP contribution in [0.25, 0.3) is 0 Å². The van der Waals surface area contributed by atoms with Crippen molar-refractivity contribution in [1.82, 2.24) is 0 Å². The normalized spacial score (nSPS) is 24.7. The molecule has 1 aliphatic carbocycles. The molecule has 0 bridgehead atoms. The van der Waals surface area contributed by atoms with Gasteiger partial charge < -0.3 is 10.5 Å². The Morgan fingerprint density at radius 2 is 2.27 bits per heavy atom. The molecule has 82 valence electrons. The van der Waals surface area contributed by atoms with Crippen molar-refractivity contribution in [2.75, 3.05) is 13.7 Å². The second-order valence-electron chi connectivity index (χ2n) is 4.07. The van der Waals surface area contributed by atoms with Crippen LogP contribution in [0.2, 0.25) is 0 Å². The van der Waals surface area contributed by atoms with Crippen LogP contribution in [0.4, 0.5) is 4.39 Å². The minimum absolute atomic E-state index is 0.169. The predicted octanol–water partition coefficient (Wildman–Crippen LogP) is 2.29. The first-order valence-corrected chi connectivity index (χ1v) is 5.29. The number of rotatable bonds is 3. The van der Waals surface area contributed by atoms with Crippen molar-refractivity contribution >= 4 is 0 Å². The van der Waals surface area contributed by atoms with E-state index in [0.29, 0.717) is 24.1 Å². The summed E-state index contributed by atoms with van der Waals surface area (Å²) in [6.45, 7) is 0.649. The number of ether oxygens (including phenoxy) is 1. The summed E-state index contributed by atoms with van der Waals surface area (Å²) < 4.78 is 18.7.